The average molecular weight is 485 g/mol. The van der Waals surface area contributed by atoms with Crippen LogP contribution < -0.4 is 5.32 Å². The lowest BCUT2D eigenvalue weighted by atomic mass is 10.1. The molecule has 0 aliphatic carbocycles. The standard InChI is InChI=1S/C21H22Cl2N2O5S/c1-14(18-9-6-16(22)12-19(18)23)24-20(26)13-30-21(27)15-4-7-17(8-5-15)31(28,29)25-10-2-3-11-25/h4-9,12,14H,2-3,10-11,13H2,1H3,(H,24,26)/t14-/m1/s1. The number of nitrogens with one attached hydrogen (secondary N) is 1. The molecular weight excluding hydrogens is 463 g/mol. The Morgan fingerprint density at radius 3 is 2.35 bits per heavy atom. The predicted octanol–water partition coefficient (Wildman–Crippen LogP) is 3.81. The molecule has 31 heavy (non-hydrogen) atoms. The van der Waals surface area contributed by atoms with E-state index in [1.807, 2.05) is 0 Å². The maximum absolute atomic E-state index is 12.5. The molecule has 1 aliphatic rings. The van der Waals surface area contributed by atoms with E-state index >= 15 is 0 Å². The van der Waals surface area contributed by atoms with Crippen molar-refractivity contribution in [3.05, 3.63) is 63.6 Å². The highest BCUT2D eigenvalue weighted by molar-refractivity contribution is 7.89. The van der Waals surface area contributed by atoms with Crippen LogP contribution in [0.5, 0.6) is 0 Å². The predicted molar refractivity (Wildman–Crippen MR) is 118 cm³/mol. The van der Waals surface area contributed by atoms with Crippen molar-refractivity contribution in [1.82, 2.24) is 9.62 Å². The number of ether oxygens (including phenoxy) is 1. The lowest BCUT2D eigenvalue weighted by molar-refractivity contribution is -0.124. The number of carbonyl (C=O) groups is 2. The number of amides is 1. The van der Waals surface area contributed by atoms with E-state index in [2.05, 4.69) is 5.32 Å². The van der Waals surface area contributed by atoms with Crippen LogP contribution in [0.3, 0.4) is 0 Å². The maximum atomic E-state index is 12.5. The van der Waals surface area contributed by atoms with Gasteiger partial charge in [0.05, 0.1) is 16.5 Å². The van der Waals surface area contributed by atoms with Crippen molar-refractivity contribution in [2.45, 2.75) is 30.7 Å². The van der Waals surface area contributed by atoms with Crippen LogP contribution in [0.2, 0.25) is 10.0 Å². The smallest absolute Gasteiger partial charge is 0.338 e. The average Bonchev–Trinajstić information content (AvgIpc) is 3.28. The van der Waals surface area contributed by atoms with Gasteiger partial charge in [-0.05, 0) is 61.7 Å². The van der Waals surface area contributed by atoms with E-state index in [1.54, 1.807) is 25.1 Å². The Morgan fingerprint density at radius 1 is 1.10 bits per heavy atom. The van der Waals surface area contributed by atoms with E-state index in [0.29, 0.717) is 28.7 Å². The van der Waals surface area contributed by atoms with Gasteiger partial charge in [-0.2, -0.15) is 4.31 Å². The molecule has 2 aromatic carbocycles. The van der Waals surface area contributed by atoms with E-state index in [0.717, 1.165) is 12.8 Å². The van der Waals surface area contributed by atoms with Crippen molar-refractivity contribution in [1.29, 1.82) is 0 Å². The largest absolute Gasteiger partial charge is 0.452 e. The molecule has 1 aliphatic heterocycles. The van der Waals surface area contributed by atoms with Crippen LogP contribution in [0.25, 0.3) is 0 Å². The first-order valence-corrected chi connectivity index (χ1v) is 11.9. The summed E-state index contributed by atoms with van der Waals surface area (Å²) in [5.41, 5.74) is 0.836. The number of halogens is 2. The molecule has 1 saturated heterocycles. The molecule has 1 fully saturated rings. The zero-order valence-corrected chi connectivity index (χ0v) is 19.1. The molecule has 0 saturated carbocycles. The summed E-state index contributed by atoms with van der Waals surface area (Å²) in [6, 6.07) is 10.0. The molecule has 3 rings (SSSR count). The molecule has 10 heteroatoms. The highest BCUT2D eigenvalue weighted by Gasteiger charge is 2.27. The number of benzene rings is 2. The summed E-state index contributed by atoms with van der Waals surface area (Å²) in [4.78, 5) is 24.5. The maximum Gasteiger partial charge on any atom is 0.338 e. The zero-order chi connectivity index (χ0) is 22.6. The van der Waals surface area contributed by atoms with Gasteiger partial charge in [-0.25, -0.2) is 13.2 Å². The van der Waals surface area contributed by atoms with E-state index in [-0.39, 0.29) is 10.5 Å². The van der Waals surface area contributed by atoms with Gasteiger partial charge in [0, 0.05) is 23.1 Å². The third-order valence-corrected chi connectivity index (χ3v) is 7.41. The topological polar surface area (TPSA) is 92.8 Å². The number of carbonyl (C=O) groups excluding carboxylic acids is 2. The van der Waals surface area contributed by atoms with Crippen molar-refractivity contribution < 1.29 is 22.7 Å². The van der Waals surface area contributed by atoms with Crippen LogP contribution in [0.1, 0.15) is 41.7 Å². The van der Waals surface area contributed by atoms with Gasteiger partial charge in [0.15, 0.2) is 6.61 Å². The van der Waals surface area contributed by atoms with E-state index in [4.69, 9.17) is 27.9 Å². The van der Waals surface area contributed by atoms with Gasteiger partial charge in [0.1, 0.15) is 0 Å². The Hall–Kier alpha value is -2.13. The van der Waals surface area contributed by atoms with Crippen LogP contribution in [-0.2, 0) is 19.6 Å². The summed E-state index contributed by atoms with van der Waals surface area (Å²) >= 11 is 12.0. The van der Waals surface area contributed by atoms with Crippen LogP contribution in [0, 0.1) is 0 Å². The van der Waals surface area contributed by atoms with Crippen molar-refractivity contribution in [2.24, 2.45) is 0 Å². The van der Waals surface area contributed by atoms with Gasteiger partial charge in [-0.3, -0.25) is 4.79 Å². The van der Waals surface area contributed by atoms with Crippen molar-refractivity contribution >= 4 is 45.1 Å². The first kappa shape index (κ1) is 23.5. The van der Waals surface area contributed by atoms with Crippen molar-refractivity contribution in [2.75, 3.05) is 19.7 Å². The lowest BCUT2D eigenvalue weighted by Crippen LogP contribution is -2.31. The zero-order valence-electron chi connectivity index (χ0n) is 16.8. The summed E-state index contributed by atoms with van der Waals surface area (Å²) < 4.78 is 31.5. The van der Waals surface area contributed by atoms with E-state index < -0.39 is 34.5 Å². The Balaban J connectivity index is 1.54. The van der Waals surface area contributed by atoms with Crippen molar-refractivity contribution in [3.63, 3.8) is 0 Å². The third kappa shape index (κ3) is 5.77. The summed E-state index contributed by atoms with van der Waals surface area (Å²) in [5.74, 6) is -1.22. The van der Waals surface area contributed by atoms with Gasteiger partial charge in [0.25, 0.3) is 5.91 Å². The van der Waals surface area contributed by atoms with E-state index in [9.17, 15) is 18.0 Å². The summed E-state index contributed by atoms with van der Waals surface area (Å²) in [6.45, 7) is 2.26. The fraction of sp³-hybridized carbons (Fsp3) is 0.333. The van der Waals surface area contributed by atoms with Gasteiger partial charge in [-0.1, -0.05) is 29.3 Å². The second kappa shape index (κ2) is 9.99. The Morgan fingerprint density at radius 2 is 1.74 bits per heavy atom. The second-order valence-corrected chi connectivity index (χ2v) is 9.95. The Labute approximate surface area is 191 Å². The monoisotopic (exact) mass is 484 g/mol. The normalized spacial score (nSPS) is 15.5. The number of rotatable bonds is 7. The summed E-state index contributed by atoms with van der Waals surface area (Å²) in [7, 11) is -3.55. The fourth-order valence-electron chi connectivity index (χ4n) is 3.27. The van der Waals surface area contributed by atoms with Crippen LogP contribution >= 0.6 is 23.2 Å². The molecule has 166 valence electrons. The number of hydrogen-bond acceptors (Lipinski definition) is 5. The van der Waals surface area contributed by atoms with Crippen LogP contribution in [-0.4, -0.2) is 44.3 Å². The first-order valence-electron chi connectivity index (χ1n) is 9.70. The third-order valence-electron chi connectivity index (χ3n) is 4.93. The molecule has 1 atom stereocenters. The quantitative estimate of drug-likeness (QED) is 0.603. The summed E-state index contributed by atoms with van der Waals surface area (Å²) in [5, 5.41) is 3.60. The van der Waals surface area contributed by atoms with Crippen LogP contribution in [0.4, 0.5) is 0 Å². The Bertz CT molecular complexity index is 1070. The van der Waals surface area contributed by atoms with Gasteiger partial charge in [0.2, 0.25) is 10.0 Å². The molecular formula is C21H22Cl2N2O5S. The Kier molecular flexibility index (Phi) is 7.59. The number of hydrogen-bond donors (Lipinski definition) is 1. The first-order chi connectivity index (χ1) is 14.7. The molecule has 2 aromatic rings. The minimum absolute atomic E-state index is 0.123. The van der Waals surface area contributed by atoms with Crippen molar-refractivity contribution in [3.8, 4) is 0 Å². The minimum atomic E-state index is -3.55. The number of nitrogens with zero attached hydrogens (tertiary/aromatic N) is 1. The second-order valence-electron chi connectivity index (χ2n) is 7.17. The SMILES string of the molecule is C[C@@H](NC(=O)COC(=O)c1ccc(S(=O)(=O)N2CCCC2)cc1)c1ccc(Cl)cc1Cl. The molecule has 0 aromatic heterocycles. The molecule has 0 unspecified atom stereocenters. The lowest BCUT2D eigenvalue weighted by Gasteiger charge is -2.16. The van der Waals surface area contributed by atoms with Crippen LogP contribution in [0.15, 0.2) is 47.4 Å². The minimum Gasteiger partial charge on any atom is -0.452 e. The van der Waals surface area contributed by atoms with Gasteiger partial charge in [-0.15, -0.1) is 0 Å². The molecule has 0 spiro atoms. The molecule has 1 heterocycles. The number of sulfonamides is 1. The number of esters is 1. The molecule has 1 amide bonds. The molecule has 0 bridgehead atoms. The summed E-state index contributed by atoms with van der Waals surface area (Å²) in [6.07, 6.45) is 1.68. The molecule has 1 N–H and O–H groups in total. The van der Waals surface area contributed by atoms with Gasteiger partial charge >= 0.3 is 5.97 Å². The molecule has 7 nitrogen and oxygen atoms in total. The van der Waals surface area contributed by atoms with E-state index in [1.165, 1.54) is 28.6 Å². The van der Waals surface area contributed by atoms with Gasteiger partial charge < -0.3 is 10.1 Å². The fourth-order valence-corrected chi connectivity index (χ4v) is 5.36. The highest BCUT2D eigenvalue weighted by atomic mass is 35.5. The molecule has 0 radical (unpaired) electrons. The highest BCUT2D eigenvalue weighted by Crippen LogP contribution is 2.26.